The number of primary amides is 1. The fourth-order valence-electron chi connectivity index (χ4n) is 2.49. The maximum atomic E-state index is 11.9. The summed E-state index contributed by atoms with van der Waals surface area (Å²) in [7, 11) is 0. The first-order chi connectivity index (χ1) is 12.4. The van der Waals surface area contributed by atoms with E-state index in [1.54, 1.807) is 35.0 Å². The number of pyridine rings is 1. The highest BCUT2D eigenvalue weighted by Gasteiger charge is 2.18. The van der Waals surface area contributed by atoms with Crippen LogP contribution in [0.1, 0.15) is 10.4 Å². The van der Waals surface area contributed by atoms with Crippen LogP contribution in [-0.2, 0) is 0 Å². The fraction of sp³-hybridized carbons (Fsp3) is 0. The van der Waals surface area contributed by atoms with E-state index >= 15 is 0 Å². The van der Waals surface area contributed by atoms with Crippen LogP contribution in [0.3, 0.4) is 0 Å². The summed E-state index contributed by atoms with van der Waals surface area (Å²) in [5, 5.41) is 11.7. The molecule has 0 radical (unpaired) electrons. The number of nitrogens with zero attached hydrogens (tertiary/aromatic N) is 2. The van der Waals surface area contributed by atoms with Gasteiger partial charge in [-0.1, -0.05) is 41.4 Å². The van der Waals surface area contributed by atoms with Crippen LogP contribution < -0.4 is 11.1 Å². The molecular weight excluding hydrogens is 379 g/mol. The molecule has 4 N–H and O–H groups in total. The number of benzene rings is 1. The van der Waals surface area contributed by atoms with Crippen LogP contribution in [0.25, 0.3) is 16.8 Å². The Kier molecular flexibility index (Phi) is 4.83. The highest BCUT2D eigenvalue weighted by atomic mass is 35.5. The van der Waals surface area contributed by atoms with E-state index in [-0.39, 0.29) is 16.4 Å². The molecule has 0 unspecified atom stereocenters. The van der Waals surface area contributed by atoms with Gasteiger partial charge in [0.05, 0.1) is 22.5 Å². The van der Waals surface area contributed by atoms with Crippen molar-refractivity contribution in [3.05, 3.63) is 64.5 Å². The molecule has 0 saturated carbocycles. The summed E-state index contributed by atoms with van der Waals surface area (Å²) < 4.78 is 1.57. The maximum absolute atomic E-state index is 11.9. The Labute approximate surface area is 158 Å². The van der Waals surface area contributed by atoms with Gasteiger partial charge in [0.1, 0.15) is 5.82 Å². The number of carbonyl (C=O) groups excluding carboxylic acids is 1. The van der Waals surface area contributed by atoms with Crippen molar-refractivity contribution in [1.29, 1.82) is 0 Å². The summed E-state index contributed by atoms with van der Waals surface area (Å²) in [5.74, 6) is -0.543. The summed E-state index contributed by atoms with van der Waals surface area (Å²) in [5.41, 5.74) is 7.33. The van der Waals surface area contributed by atoms with Gasteiger partial charge in [-0.3, -0.25) is 10.1 Å². The number of carboxylic acid groups (broad SMARTS) is 1. The zero-order valence-electron chi connectivity index (χ0n) is 13.1. The van der Waals surface area contributed by atoms with Gasteiger partial charge >= 0.3 is 6.09 Å². The van der Waals surface area contributed by atoms with Crippen molar-refractivity contribution in [3.63, 3.8) is 0 Å². The number of hydrogen-bond donors (Lipinski definition) is 3. The summed E-state index contributed by atoms with van der Waals surface area (Å²) in [6.45, 7) is 0. The predicted molar refractivity (Wildman–Crippen MR) is 99.2 cm³/mol. The zero-order valence-corrected chi connectivity index (χ0v) is 14.6. The van der Waals surface area contributed by atoms with Gasteiger partial charge in [-0.15, -0.1) is 0 Å². The van der Waals surface area contributed by atoms with Crippen LogP contribution in [0.2, 0.25) is 10.0 Å². The van der Waals surface area contributed by atoms with Crippen molar-refractivity contribution in [2.24, 2.45) is 5.73 Å². The van der Waals surface area contributed by atoms with Crippen molar-refractivity contribution < 1.29 is 14.7 Å². The van der Waals surface area contributed by atoms with Crippen molar-refractivity contribution in [2.45, 2.75) is 0 Å². The Hall–Kier alpha value is -3.03. The van der Waals surface area contributed by atoms with Crippen LogP contribution in [0.5, 0.6) is 0 Å². The minimum Gasteiger partial charge on any atom is -0.465 e. The molecule has 0 spiro atoms. The van der Waals surface area contributed by atoms with E-state index in [0.717, 1.165) is 0 Å². The summed E-state index contributed by atoms with van der Waals surface area (Å²) >= 11 is 12.4. The topological polar surface area (TPSA) is 110 Å². The molecule has 2 heterocycles. The molecule has 0 aliphatic carbocycles. The molecule has 0 aliphatic rings. The molecule has 2 aromatic heterocycles. The Morgan fingerprint density at radius 2 is 1.85 bits per heavy atom. The van der Waals surface area contributed by atoms with E-state index in [1.165, 1.54) is 18.5 Å². The normalized spacial score (nSPS) is 10.5. The molecule has 0 bridgehead atoms. The van der Waals surface area contributed by atoms with E-state index < -0.39 is 12.0 Å². The molecular formula is C17H12Cl2N4O3. The van der Waals surface area contributed by atoms with Gasteiger partial charge in [0.2, 0.25) is 0 Å². The molecule has 26 heavy (non-hydrogen) atoms. The molecule has 0 fully saturated rings. The van der Waals surface area contributed by atoms with Crippen LogP contribution >= 0.6 is 23.2 Å². The Morgan fingerprint density at radius 1 is 1.12 bits per heavy atom. The van der Waals surface area contributed by atoms with Crippen LogP contribution in [0, 0.1) is 0 Å². The molecule has 9 heteroatoms. The van der Waals surface area contributed by atoms with Crippen molar-refractivity contribution in [2.75, 3.05) is 5.32 Å². The minimum atomic E-state index is -1.26. The predicted octanol–water partition coefficient (Wildman–Crippen LogP) is 4.03. The third-order valence-electron chi connectivity index (χ3n) is 3.60. The molecule has 7 nitrogen and oxygen atoms in total. The quantitative estimate of drug-likeness (QED) is 0.624. The van der Waals surface area contributed by atoms with Gasteiger partial charge in [0, 0.05) is 34.6 Å². The molecule has 0 atom stereocenters. The smallest absolute Gasteiger partial charge is 0.410 e. The molecule has 0 aliphatic heterocycles. The number of rotatable bonds is 4. The highest BCUT2D eigenvalue weighted by Crippen LogP contribution is 2.33. The number of nitrogens with two attached hydrogens (primary N) is 1. The number of nitrogens with one attached hydrogen (secondary N) is 1. The first kappa shape index (κ1) is 17.8. The third kappa shape index (κ3) is 3.49. The van der Waals surface area contributed by atoms with E-state index in [0.29, 0.717) is 21.8 Å². The minimum absolute atomic E-state index is 0.0884. The standard InChI is InChI=1S/C17H12Cl2N4O3/c18-12-4-2-1-3-9(12)10-7-23(8-11(10)16(20)24)14-5-15(22-17(25)26)21-6-13(14)19/h1-8H,(H2,20,24)(H,21,22)(H,25,26). The lowest BCUT2D eigenvalue weighted by Gasteiger charge is -2.08. The third-order valence-corrected chi connectivity index (χ3v) is 4.23. The molecule has 2 amide bonds. The van der Waals surface area contributed by atoms with Crippen molar-refractivity contribution in [3.8, 4) is 16.8 Å². The molecule has 0 saturated heterocycles. The number of hydrogen-bond acceptors (Lipinski definition) is 3. The van der Waals surface area contributed by atoms with Gasteiger partial charge in [-0.05, 0) is 6.07 Å². The zero-order chi connectivity index (χ0) is 18.8. The second-order valence-electron chi connectivity index (χ2n) is 5.29. The van der Waals surface area contributed by atoms with Gasteiger partial charge in [0.25, 0.3) is 5.91 Å². The average Bonchev–Trinajstić information content (AvgIpc) is 3.01. The number of anilines is 1. The van der Waals surface area contributed by atoms with E-state index in [2.05, 4.69) is 10.3 Å². The fourth-order valence-corrected chi connectivity index (χ4v) is 2.93. The lowest BCUT2D eigenvalue weighted by atomic mass is 10.0. The van der Waals surface area contributed by atoms with Gasteiger partial charge in [-0.25, -0.2) is 9.78 Å². The molecule has 3 rings (SSSR count). The van der Waals surface area contributed by atoms with E-state index in [9.17, 15) is 9.59 Å². The second kappa shape index (κ2) is 7.07. The summed E-state index contributed by atoms with van der Waals surface area (Å²) in [6, 6.07) is 8.47. The SMILES string of the molecule is NC(=O)c1cn(-c2cc(NC(=O)O)ncc2Cl)cc1-c1ccccc1Cl. The molecule has 132 valence electrons. The summed E-state index contributed by atoms with van der Waals surface area (Å²) in [6.07, 6.45) is 3.20. The molecule has 1 aromatic carbocycles. The largest absolute Gasteiger partial charge is 0.465 e. The summed E-state index contributed by atoms with van der Waals surface area (Å²) in [4.78, 5) is 26.6. The lowest BCUT2D eigenvalue weighted by Crippen LogP contribution is -2.11. The molecule has 3 aromatic rings. The van der Waals surface area contributed by atoms with Gasteiger partial charge < -0.3 is 15.4 Å². The Balaban J connectivity index is 2.16. The van der Waals surface area contributed by atoms with E-state index in [4.69, 9.17) is 34.0 Å². The van der Waals surface area contributed by atoms with Crippen LogP contribution in [0.15, 0.2) is 48.9 Å². The number of halogens is 2. The first-order valence-electron chi connectivity index (χ1n) is 7.29. The Morgan fingerprint density at radius 3 is 2.50 bits per heavy atom. The van der Waals surface area contributed by atoms with Crippen LogP contribution in [0.4, 0.5) is 10.6 Å². The average molecular weight is 391 g/mol. The maximum Gasteiger partial charge on any atom is 0.410 e. The Bertz CT molecular complexity index is 1020. The van der Waals surface area contributed by atoms with Gasteiger partial charge in [0.15, 0.2) is 0 Å². The lowest BCUT2D eigenvalue weighted by molar-refractivity contribution is 0.100. The van der Waals surface area contributed by atoms with Crippen molar-refractivity contribution in [1.82, 2.24) is 9.55 Å². The number of amides is 2. The van der Waals surface area contributed by atoms with E-state index in [1.807, 2.05) is 0 Å². The van der Waals surface area contributed by atoms with Gasteiger partial charge in [-0.2, -0.15) is 0 Å². The highest BCUT2D eigenvalue weighted by molar-refractivity contribution is 6.33. The van der Waals surface area contributed by atoms with Crippen molar-refractivity contribution >= 4 is 41.0 Å². The first-order valence-corrected chi connectivity index (χ1v) is 8.05. The second-order valence-corrected chi connectivity index (χ2v) is 6.10. The van der Waals surface area contributed by atoms with Crippen LogP contribution in [-0.4, -0.2) is 26.7 Å². The number of aromatic nitrogens is 2. The number of carbonyl (C=O) groups is 2. The monoisotopic (exact) mass is 390 g/mol.